The summed E-state index contributed by atoms with van der Waals surface area (Å²) in [5.41, 5.74) is 0. The van der Waals surface area contributed by atoms with Gasteiger partial charge in [-0.05, 0) is 18.2 Å². The monoisotopic (exact) mass is 237 g/mol. The number of rotatable bonds is 7. The molecular formula is C11H15N3O3. The van der Waals surface area contributed by atoms with Crippen molar-refractivity contribution in [2.75, 3.05) is 13.3 Å². The van der Waals surface area contributed by atoms with E-state index in [9.17, 15) is 14.4 Å². The van der Waals surface area contributed by atoms with Crippen molar-refractivity contribution in [3.63, 3.8) is 0 Å². The number of carbonyl (C=O) groups is 3. The highest BCUT2D eigenvalue weighted by molar-refractivity contribution is 5.90. The van der Waals surface area contributed by atoms with Crippen LogP contribution in [0.4, 0.5) is 0 Å². The fraction of sp³-hybridized carbons (Fsp3) is 0.182. The number of nitrogens with one attached hydrogen (secondary N) is 2. The van der Waals surface area contributed by atoms with Crippen LogP contribution in [-0.2, 0) is 14.4 Å². The second-order valence-electron chi connectivity index (χ2n) is 2.89. The zero-order valence-electron chi connectivity index (χ0n) is 9.44. The summed E-state index contributed by atoms with van der Waals surface area (Å²) in [4.78, 5) is 34.4. The van der Waals surface area contributed by atoms with Crippen LogP contribution in [0.1, 0.15) is 0 Å². The second kappa shape index (κ2) is 7.86. The van der Waals surface area contributed by atoms with E-state index < -0.39 is 17.7 Å². The minimum Gasteiger partial charge on any atom is -0.335 e. The van der Waals surface area contributed by atoms with Gasteiger partial charge in [0.25, 0.3) is 0 Å². The molecule has 6 heteroatoms. The average Bonchev–Trinajstić information content (AvgIpc) is 2.36. The lowest BCUT2D eigenvalue weighted by molar-refractivity contribution is -0.128. The van der Waals surface area contributed by atoms with Crippen molar-refractivity contribution >= 4 is 17.7 Å². The number of amides is 3. The lowest BCUT2D eigenvalue weighted by atomic mass is 10.5. The largest absolute Gasteiger partial charge is 0.335 e. The summed E-state index contributed by atoms with van der Waals surface area (Å²) in [5, 5.41) is 4.83. The Balaban J connectivity index is 4.33. The lowest BCUT2D eigenvalue weighted by Crippen LogP contribution is -2.45. The standard InChI is InChI=1S/C11H15N3O3/c1-4-9(15)12-7-14(11(17)6-3)8-13-10(16)5-2/h4-6H,1-3,7-8H2,(H,12,15)(H,13,16). The average molecular weight is 237 g/mol. The molecule has 0 heterocycles. The Morgan fingerprint density at radius 1 is 0.882 bits per heavy atom. The van der Waals surface area contributed by atoms with Gasteiger partial charge in [-0.2, -0.15) is 0 Å². The van der Waals surface area contributed by atoms with Gasteiger partial charge in [0.2, 0.25) is 17.7 Å². The Morgan fingerprint density at radius 2 is 1.29 bits per heavy atom. The fourth-order valence-electron chi connectivity index (χ4n) is 0.832. The molecule has 0 saturated heterocycles. The molecule has 0 rings (SSSR count). The molecule has 0 aromatic rings. The normalized spacial score (nSPS) is 8.71. The van der Waals surface area contributed by atoms with Gasteiger partial charge in [-0.3, -0.25) is 14.4 Å². The van der Waals surface area contributed by atoms with Gasteiger partial charge >= 0.3 is 0 Å². The van der Waals surface area contributed by atoms with Gasteiger partial charge in [-0.15, -0.1) is 0 Å². The topological polar surface area (TPSA) is 78.5 Å². The lowest BCUT2D eigenvalue weighted by Gasteiger charge is -2.21. The van der Waals surface area contributed by atoms with Gasteiger partial charge in [-0.25, -0.2) is 0 Å². The SMILES string of the molecule is C=CC(=O)NCN(CNC(=O)C=C)C(=O)C=C. The molecule has 0 bridgehead atoms. The van der Waals surface area contributed by atoms with E-state index in [4.69, 9.17) is 0 Å². The Hall–Kier alpha value is -2.37. The fourth-order valence-corrected chi connectivity index (χ4v) is 0.832. The van der Waals surface area contributed by atoms with Crippen LogP contribution in [0.3, 0.4) is 0 Å². The molecule has 0 spiro atoms. The summed E-state index contributed by atoms with van der Waals surface area (Å²) in [6.07, 6.45) is 3.25. The maximum Gasteiger partial charge on any atom is 0.248 e. The first kappa shape index (κ1) is 14.6. The third-order valence-electron chi connectivity index (χ3n) is 1.75. The molecule has 0 aliphatic carbocycles. The zero-order chi connectivity index (χ0) is 13.3. The van der Waals surface area contributed by atoms with Crippen LogP contribution >= 0.6 is 0 Å². The molecule has 0 fully saturated rings. The predicted octanol–water partition coefficient (Wildman–Crippen LogP) is -0.480. The van der Waals surface area contributed by atoms with Crippen LogP contribution in [-0.4, -0.2) is 36.0 Å². The van der Waals surface area contributed by atoms with Crippen molar-refractivity contribution < 1.29 is 14.4 Å². The molecule has 17 heavy (non-hydrogen) atoms. The van der Waals surface area contributed by atoms with Crippen molar-refractivity contribution in [2.45, 2.75) is 0 Å². The molecule has 0 saturated carbocycles. The Morgan fingerprint density at radius 3 is 1.59 bits per heavy atom. The summed E-state index contributed by atoms with van der Waals surface area (Å²) in [6, 6.07) is 0. The predicted molar refractivity (Wildman–Crippen MR) is 63.5 cm³/mol. The van der Waals surface area contributed by atoms with Crippen LogP contribution in [0, 0.1) is 0 Å². The van der Waals surface area contributed by atoms with E-state index in [0.717, 1.165) is 18.2 Å². The van der Waals surface area contributed by atoms with E-state index in [2.05, 4.69) is 30.4 Å². The van der Waals surface area contributed by atoms with E-state index in [1.807, 2.05) is 0 Å². The molecule has 0 unspecified atom stereocenters. The van der Waals surface area contributed by atoms with E-state index in [-0.39, 0.29) is 13.3 Å². The van der Waals surface area contributed by atoms with Gasteiger partial charge in [0.05, 0.1) is 13.3 Å². The summed E-state index contributed by atoms with van der Waals surface area (Å²) < 4.78 is 0. The highest BCUT2D eigenvalue weighted by Crippen LogP contribution is 1.87. The molecule has 0 atom stereocenters. The first-order valence-electron chi connectivity index (χ1n) is 4.77. The summed E-state index contributed by atoms with van der Waals surface area (Å²) in [5.74, 6) is -1.25. The number of carbonyl (C=O) groups excluding carboxylic acids is 3. The van der Waals surface area contributed by atoms with Crippen LogP contribution in [0.15, 0.2) is 38.0 Å². The molecule has 0 aromatic carbocycles. The van der Waals surface area contributed by atoms with E-state index in [0.29, 0.717) is 0 Å². The zero-order valence-corrected chi connectivity index (χ0v) is 9.44. The summed E-state index contributed by atoms with van der Waals surface area (Å²) in [6.45, 7) is 9.77. The van der Waals surface area contributed by atoms with Crippen molar-refractivity contribution in [1.82, 2.24) is 15.5 Å². The molecular weight excluding hydrogens is 222 g/mol. The van der Waals surface area contributed by atoms with E-state index >= 15 is 0 Å². The molecule has 0 aliphatic rings. The second-order valence-corrected chi connectivity index (χ2v) is 2.89. The maximum atomic E-state index is 11.4. The van der Waals surface area contributed by atoms with Crippen molar-refractivity contribution in [2.24, 2.45) is 0 Å². The van der Waals surface area contributed by atoms with Crippen LogP contribution < -0.4 is 10.6 Å². The van der Waals surface area contributed by atoms with Crippen LogP contribution in [0.2, 0.25) is 0 Å². The molecule has 3 amide bonds. The Labute approximate surface area is 99.7 Å². The minimum atomic E-state index is -0.418. The molecule has 0 aliphatic heterocycles. The first-order chi connectivity index (χ1) is 8.04. The Bertz CT molecular complexity index is 326. The molecule has 0 radical (unpaired) electrons. The van der Waals surface area contributed by atoms with Gasteiger partial charge in [0.15, 0.2) is 0 Å². The highest BCUT2D eigenvalue weighted by Gasteiger charge is 2.10. The quantitative estimate of drug-likeness (QED) is 0.463. The molecule has 2 N–H and O–H groups in total. The summed E-state index contributed by atoms with van der Waals surface area (Å²) in [7, 11) is 0. The third-order valence-corrected chi connectivity index (χ3v) is 1.75. The number of nitrogens with zero attached hydrogens (tertiary/aromatic N) is 1. The van der Waals surface area contributed by atoms with Gasteiger partial charge in [0, 0.05) is 0 Å². The number of hydrogen-bond acceptors (Lipinski definition) is 3. The highest BCUT2D eigenvalue weighted by atomic mass is 16.2. The Kier molecular flexibility index (Phi) is 6.77. The van der Waals surface area contributed by atoms with Crippen LogP contribution in [0.25, 0.3) is 0 Å². The van der Waals surface area contributed by atoms with E-state index in [1.165, 1.54) is 4.90 Å². The van der Waals surface area contributed by atoms with Crippen molar-refractivity contribution in [3.05, 3.63) is 38.0 Å². The molecule has 6 nitrogen and oxygen atoms in total. The van der Waals surface area contributed by atoms with E-state index in [1.54, 1.807) is 0 Å². The van der Waals surface area contributed by atoms with Gasteiger partial charge < -0.3 is 15.5 Å². The molecule has 0 aromatic heterocycles. The number of hydrogen-bond donors (Lipinski definition) is 2. The molecule has 92 valence electrons. The third kappa shape index (κ3) is 5.93. The van der Waals surface area contributed by atoms with Gasteiger partial charge in [0.1, 0.15) is 0 Å². The smallest absolute Gasteiger partial charge is 0.248 e. The summed E-state index contributed by atoms with van der Waals surface area (Å²) >= 11 is 0. The van der Waals surface area contributed by atoms with Gasteiger partial charge in [-0.1, -0.05) is 19.7 Å². The van der Waals surface area contributed by atoms with Crippen LogP contribution in [0.5, 0.6) is 0 Å². The minimum absolute atomic E-state index is 0.0485. The van der Waals surface area contributed by atoms with Crippen molar-refractivity contribution in [1.29, 1.82) is 0 Å². The first-order valence-corrected chi connectivity index (χ1v) is 4.77. The maximum absolute atomic E-state index is 11.4. The van der Waals surface area contributed by atoms with Crippen molar-refractivity contribution in [3.8, 4) is 0 Å².